The second-order valence-electron chi connectivity index (χ2n) is 4.03. The molecule has 68 valence electrons. The van der Waals surface area contributed by atoms with E-state index in [0.29, 0.717) is 0 Å². The molecule has 0 spiro atoms. The normalized spacial score (nSPS) is 37.9. The first-order valence-corrected chi connectivity index (χ1v) is 4.99. The largest absolute Gasteiger partial charge is 0.329 e. The molecule has 0 aromatic carbocycles. The average molecular weight is 166 g/mol. The molecule has 0 amide bonds. The predicted molar refractivity (Wildman–Crippen MR) is 50.8 cm³/mol. The summed E-state index contributed by atoms with van der Waals surface area (Å²) in [5.41, 5.74) is 5.41. The third-order valence-corrected chi connectivity index (χ3v) is 3.14. The number of hydrogen-bond donors (Lipinski definition) is 2. The van der Waals surface area contributed by atoms with Crippen LogP contribution in [-0.4, -0.2) is 19.6 Å². The highest BCUT2D eigenvalue weighted by Crippen LogP contribution is 2.42. The van der Waals surface area contributed by atoms with Gasteiger partial charge in [-0.05, 0) is 37.1 Å². The maximum atomic E-state index is 5.41. The van der Waals surface area contributed by atoms with Gasteiger partial charge in [-0.15, -0.1) is 0 Å². The minimum absolute atomic E-state index is 0.761. The molecule has 2 aliphatic carbocycles. The van der Waals surface area contributed by atoms with Crippen LogP contribution in [0.2, 0.25) is 0 Å². The SMILES string of the molecule is NCCNCC1CC2C=CC1C2. The van der Waals surface area contributed by atoms with Crippen LogP contribution in [0, 0.1) is 17.8 Å². The van der Waals surface area contributed by atoms with Gasteiger partial charge in [0.25, 0.3) is 0 Å². The maximum absolute atomic E-state index is 5.41. The van der Waals surface area contributed by atoms with Crippen molar-refractivity contribution in [3.63, 3.8) is 0 Å². The Morgan fingerprint density at radius 1 is 1.33 bits per heavy atom. The lowest BCUT2D eigenvalue weighted by atomic mass is 9.94. The fraction of sp³-hybridized carbons (Fsp3) is 0.800. The van der Waals surface area contributed by atoms with Crippen LogP contribution in [0.4, 0.5) is 0 Å². The Hall–Kier alpha value is -0.340. The van der Waals surface area contributed by atoms with E-state index in [1.54, 1.807) is 0 Å². The summed E-state index contributed by atoms with van der Waals surface area (Å²) >= 11 is 0. The van der Waals surface area contributed by atoms with Crippen molar-refractivity contribution in [1.29, 1.82) is 0 Å². The van der Waals surface area contributed by atoms with E-state index >= 15 is 0 Å². The Morgan fingerprint density at radius 3 is 2.83 bits per heavy atom. The van der Waals surface area contributed by atoms with E-state index in [1.807, 2.05) is 0 Å². The van der Waals surface area contributed by atoms with E-state index in [-0.39, 0.29) is 0 Å². The lowest BCUT2D eigenvalue weighted by molar-refractivity contribution is 0.417. The Bertz CT molecular complexity index is 177. The lowest BCUT2D eigenvalue weighted by Gasteiger charge is -2.18. The van der Waals surface area contributed by atoms with Gasteiger partial charge < -0.3 is 11.1 Å². The molecular formula is C10H18N2. The molecule has 2 nitrogen and oxygen atoms in total. The van der Waals surface area contributed by atoms with Crippen LogP contribution in [-0.2, 0) is 0 Å². The molecular weight excluding hydrogens is 148 g/mol. The maximum Gasteiger partial charge on any atom is 0.00746 e. The highest BCUT2D eigenvalue weighted by atomic mass is 14.9. The van der Waals surface area contributed by atoms with Crippen molar-refractivity contribution in [1.82, 2.24) is 5.32 Å². The highest BCUT2D eigenvalue weighted by Gasteiger charge is 2.34. The van der Waals surface area contributed by atoms with Gasteiger partial charge in [-0.3, -0.25) is 0 Å². The van der Waals surface area contributed by atoms with Gasteiger partial charge >= 0.3 is 0 Å². The molecule has 0 heterocycles. The third-order valence-electron chi connectivity index (χ3n) is 3.14. The summed E-state index contributed by atoms with van der Waals surface area (Å²) < 4.78 is 0. The van der Waals surface area contributed by atoms with Gasteiger partial charge in [0.1, 0.15) is 0 Å². The molecule has 0 aromatic rings. The Balaban J connectivity index is 1.73. The van der Waals surface area contributed by atoms with Crippen LogP contribution in [0.3, 0.4) is 0 Å². The molecule has 0 aliphatic heterocycles. The van der Waals surface area contributed by atoms with Gasteiger partial charge in [0.05, 0.1) is 0 Å². The van der Waals surface area contributed by atoms with Crippen LogP contribution in [0.1, 0.15) is 12.8 Å². The summed E-state index contributed by atoms with van der Waals surface area (Å²) in [5.74, 6) is 2.67. The van der Waals surface area contributed by atoms with Gasteiger partial charge in [-0.2, -0.15) is 0 Å². The van der Waals surface area contributed by atoms with E-state index in [0.717, 1.165) is 30.8 Å². The molecule has 2 bridgehead atoms. The Morgan fingerprint density at radius 2 is 2.25 bits per heavy atom. The number of allylic oxidation sites excluding steroid dienone is 2. The predicted octanol–water partition coefficient (Wildman–Crippen LogP) is 0.747. The Kier molecular flexibility index (Phi) is 2.47. The fourth-order valence-electron chi connectivity index (χ4n) is 2.52. The first-order valence-electron chi connectivity index (χ1n) is 4.99. The number of fused-ring (bicyclic) bond motifs is 2. The standard InChI is InChI=1S/C10H18N2/c11-3-4-12-7-10-6-8-1-2-9(10)5-8/h1-2,8-10,12H,3-7,11H2. The van der Waals surface area contributed by atoms with Crippen molar-refractivity contribution in [2.45, 2.75) is 12.8 Å². The van der Waals surface area contributed by atoms with Crippen LogP contribution in [0.5, 0.6) is 0 Å². The van der Waals surface area contributed by atoms with E-state index in [2.05, 4.69) is 17.5 Å². The lowest BCUT2D eigenvalue weighted by Crippen LogP contribution is -2.29. The second-order valence-corrected chi connectivity index (χ2v) is 4.03. The van der Waals surface area contributed by atoms with E-state index < -0.39 is 0 Å². The van der Waals surface area contributed by atoms with Crippen molar-refractivity contribution in [3.8, 4) is 0 Å². The van der Waals surface area contributed by atoms with E-state index in [1.165, 1.54) is 19.4 Å². The molecule has 0 saturated heterocycles. The van der Waals surface area contributed by atoms with E-state index in [9.17, 15) is 0 Å². The zero-order valence-corrected chi connectivity index (χ0v) is 7.50. The number of nitrogens with two attached hydrogens (primary N) is 1. The molecule has 3 unspecified atom stereocenters. The van der Waals surface area contributed by atoms with Gasteiger partial charge in [0.2, 0.25) is 0 Å². The van der Waals surface area contributed by atoms with Crippen molar-refractivity contribution in [2.24, 2.45) is 23.5 Å². The number of rotatable bonds is 4. The molecule has 2 rings (SSSR count). The first kappa shape index (κ1) is 8.27. The third kappa shape index (κ3) is 1.54. The van der Waals surface area contributed by atoms with Crippen LogP contribution >= 0.6 is 0 Å². The molecule has 2 heteroatoms. The van der Waals surface area contributed by atoms with Crippen molar-refractivity contribution in [2.75, 3.05) is 19.6 Å². The molecule has 12 heavy (non-hydrogen) atoms. The first-order chi connectivity index (χ1) is 5.90. The summed E-state index contributed by atoms with van der Waals surface area (Å²) in [6, 6.07) is 0. The Labute approximate surface area is 74.2 Å². The monoisotopic (exact) mass is 166 g/mol. The van der Waals surface area contributed by atoms with Crippen LogP contribution in [0.15, 0.2) is 12.2 Å². The second kappa shape index (κ2) is 3.58. The van der Waals surface area contributed by atoms with Gasteiger partial charge in [0.15, 0.2) is 0 Å². The van der Waals surface area contributed by atoms with Crippen molar-refractivity contribution < 1.29 is 0 Å². The highest BCUT2D eigenvalue weighted by molar-refractivity contribution is 5.10. The van der Waals surface area contributed by atoms with Gasteiger partial charge in [-0.1, -0.05) is 12.2 Å². The molecule has 2 aliphatic rings. The summed E-state index contributed by atoms with van der Waals surface area (Å²) in [4.78, 5) is 0. The topological polar surface area (TPSA) is 38.0 Å². The molecule has 3 N–H and O–H groups in total. The van der Waals surface area contributed by atoms with Crippen molar-refractivity contribution >= 4 is 0 Å². The smallest absolute Gasteiger partial charge is 0.00746 e. The zero-order chi connectivity index (χ0) is 8.39. The fourth-order valence-corrected chi connectivity index (χ4v) is 2.52. The van der Waals surface area contributed by atoms with Gasteiger partial charge in [0, 0.05) is 13.1 Å². The zero-order valence-electron chi connectivity index (χ0n) is 7.50. The average Bonchev–Trinajstić information content (AvgIpc) is 2.65. The summed E-state index contributed by atoms with van der Waals surface area (Å²) in [6.45, 7) is 2.90. The quantitative estimate of drug-likeness (QED) is 0.477. The number of hydrogen-bond acceptors (Lipinski definition) is 2. The molecule has 3 atom stereocenters. The van der Waals surface area contributed by atoms with Gasteiger partial charge in [-0.25, -0.2) is 0 Å². The minimum atomic E-state index is 0.761. The molecule has 1 fully saturated rings. The minimum Gasteiger partial charge on any atom is -0.329 e. The summed E-state index contributed by atoms with van der Waals surface area (Å²) in [7, 11) is 0. The van der Waals surface area contributed by atoms with E-state index in [4.69, 9.17) is 5.73 Å². The summed E-state index contributed by atoms with van der Waals surface area (Å²) in [5, 5.41) is 3.40. The molecule has 0 aromatic heterocycles. The van der Waals surface area contributed by atoms with Crippen LogP contribution in [0.25, 0.3) is 0 Å². The number of nitrogens with one attached hydrogen (secondary N) is 1. The molecule has 0 radical (unpaired) electrons. The molecule has 1 saturated carbocycles. The van der Waals surface area contributed by atoms with Crippen molar-refractivity contribution in [3.05, 3.63) is 12.2 Å². The van der Waals surface area contributed by atoms with Crippen LogP contribution < -0.4 is 11.1 Å². The summed E-state index contributed by atoms with van der Waals surface area (Å²) in [6.07, 6.45) is 7.61.